The molecule has 1 aliphatic heterocycles. The number of rotatable bonds is 8. The molecule has 0 radical (unpaired) electrons. The van der Waals surface area contributed by atoms with Crippen LogP contribution in [0.25, 0.3) is 5.69 Å². The van der Waals surface area contributed by atoms with Gasteiger partial charge in [0.25, 0.3) is 5.91 Å². The number of benzene rings is 3. The third-order valence-corrected chi connectivity index (χ3v) is 8.08. The number of nitrogens with one attached hydrogen (secondary N) is 2. The van der Waals surface area contributed by atoms with Gasteiger partial charge in [-0.2, -0.15) is 4.98 Å². The summed E-state index contributed by atoms with van der Waals surface area (Å²) in [6, 6.07) is 18.4. The first-order chi connectivity index (χ1) is 21.7. The molecule has 3 aromatic carbocycles. The van der Waals surface area contributed by atoms with Crippen LogP contribution in [0, 0.1) is 19.7 Å². The van der Waals surface area contributed by atoms with Gasteiger partial charge in [0, 0.05) is 61.3 Å². The molecule has 6 rings (SSSR count). The maximum absolute atomic E-state index is 15.3. The molecule has 1 unspecified atom stereocenters. The lowest BCUT2D eigenvalue weighted by molar-refractivity contribution is 0.102. The zero-order valence-electron chi connectivity index (χ0n) is 25.7. The Kier molecular flexibility index (Phi) is 8.43. The zero-order chi connectivity index (χ0) is 31.5. The monoisotopic (exact) mass is 606 g/mol. The van der Waals surface area contributed by atoms with E-state index in [2.05, 4.69) is 49.4 Å². The van der Waals surface area contributed by atoms with E-state index in [1.807, 2.05) is 54.9 Å². The van der Waals surface area contributed by atoms with Crippen LogP contribution >= 0.6 is 0 Å². The summed E-state index contributed by atoms with van der Waals surface area (Å²) in [6.45, 7) is 8.37. The molecule has 3 heterocycles. The van der Waals surface area contributed by atoms with Crippen molar-refractivity contribution >= 4 is 28.9 Å². The van der Waals surface area contributed by atoms with Gasteiger partial charge in [0.1, 0.15) is 17.1 Å². The number of hydrogen-bond donors (Lipinski definition) is 2. The highest BCUT2D eigenvalue weighted by Crippen LogP contribution is 2.30. The van der Waals surface area contributed by atoms with Crippen LogP contribution in [0.1, 0.15) is 28.4 Å². The Labute approximate surface area is 261 Å². The summed E-state index contributed by atoms with van der Waals surface area (Å²) in [4.78, 5) is 30.9. The summed E-state index contributed by atoms with van der Waals surface area (Å²) in [7, 11) is 2.08. The Morgan fingerprint density at radius 3 is 2.51 bits per heavy atom. The number of ether oxygens (including phenoxy) is 1. The van der Waals surface area contributed by atoms with Gasteiger partial charge in [0.05, 0.1) is 12.0 Å². The number of carbonyl (C=O) groups excluding carboxylic acids is 1. The molecule has 45 heavy (non-hydrogen) atoms. The van der Waals surface area contributed by atoms with E-state index in [0.29, 0.717) is 28.9 Å². The fraction of sp³-hybridized carbons (Fsp3) is 0.235. The SMILES string of the molecule is Cc1cccc(C)c1NC(=O)c1cnc(Nc2ccc(N3CCN(C)C(C)C3)c(F)c2)nc1Oc1ccc(-n2ccnc2)cc1. The summed E-state index contributed by atoms with van der Waals surface area (Å²) in [5.41, 5.74) is 4.64. The molecular formula is C34H35FN8O2. The summed E-state index contributed by atoms with van der Waals surface area (Å²) in [5.74, 6) is -0.0720. The van der Waals surface area contributed by atoms with E-state index < -0.39 is 5.91 Å². The molecule has 1 aliphatic rings. The largest absolute Gasteiger partial charge is 0.438 e. The number of likely N-dealkylation sites (N-methyl/N-ethyl adjacent to an activating group) is 1. The van der Waals surface area contributed by atoms with Crippen molar-refractivity contribution in [3.8, 4) is 17.3 Å². The lowest BCUT2D eigenvalue weighted by Gasteiger charge is -2.39. The standard InChI is InChI=1S/C34H35FN8O2/c1-22-6-5-7-23(2)31(22)39-32(44)28-19-37-34(40-33(28)45-27-11-9-26(10-12-27)43-15-14-36-21-43)38-25-8-13-30(29(35)18-25)42-17-16-41(4)24(3)20-42/h5-15,18-19,21,24H,16-17,20H2,1-4H3,(H,39,44)(H,37,38,40). The highest BCUT2D eigenvalue weighted by atomic mass is 19.1. The van der Waals surface area contributed by atoms with Crippen LogP contribution in [0.3, 0.4) is 0 Å². The average molecular weight is 607 g/mol. The maximum Gasteiger partial charge on any atom is 0.262 e. The number of hydrogen-bond acceptors (Lipinski definition) is 8. The van der Waals surface area contributed by atoms with Gasteiger partial charge in [-0.25, -0.2) is 14.4 Å². The van der Waals surface area contributed by atoms with Gasteiger partial charge in [-0.3, -0.25) is 4.79 Å². The van der Waals surface area contributed by atoms with Crippen molar-refractivity contribution in [2.45, 2.75) is 26.8 Å². The lowest BCUT2D eigenvalue weighted by Crippen LogP contribution is -2.50. The molecule has 5 aromatic rings. The Balaban J connectivity index is 1.27. The van der Waals surface area contributed by atoms with Gasteiger partial charge in [-0.05, 0) is 81.4 Å². The molecule has 2 N–H and O–H groups in total. The van der Waals surface area contributed by atoms with Crippen molar-refractivity contribution in [3.05, 3.63) is 108 Å². The summed E-state index contributed by atoms with van der Waals surface area (Å²) in [6.07, 6.45) is 6.65. The van der Waals surface area contributed by atoms with Gasteiger partial charge < -0.3 is 29.7 Å². The van der Waals surface area contributed by atoms with Gasteiger partial charge in [0.2, 0.25) is 11.8 Å². The van der Waals surface area contributed by atoms with Crippen molar-refractivity contribution in [1.82, 2.24) is 24.4 Å². The fourth-order valence-corrected chi connectivity index (χ4v) is 5.30. The number of amides is 1. The molecule has 0 aliphatic carbocycles. The van der Waals surface area contributed by atoms with Gasteiger partial charge in [-0.1, -0.05) is 18.2 Å². The van der Waals surface area contributed by atoms with E-state index in [4.69, 9.17) is 4.74 Å². The molecule has 0 saturated carbocycles. The fourth-order valence-electron chi connectivity index (χ4n) is 5.30. The highest BCUT2D eigenvalue weighted by Gasteiger charge is 2.23. The van der Waals surface area contributed by atoms with Gasteiger partial charge in [0.15, 0.2) is 0 Å². The maximum atomic E-state index is 15.3. The van der Waals surface area contributed by atoms with Crippen LogP contribution in [0.2, 0.25) is 0 Å². The predicted molar refractivity (Wildman–Crippen MR) is 174 cm³/mol. The molecule has 2 aromatic heterocycles. The molecule has 1 saturated heterocycles. The van der Waals surface area contributed by atoms with Crippen molar-refractivity contribution in [3.63, 3.8) is 0 Å². The smallest absolute Gasteiger partial charge is 0.262 e. The summed E-state index contributed by atoms with van der Waals surface area (Å²) >= 11 is 0. The summed E-state index contributed by atoms with van der Waals surface area (Å²) in [5, 5.41) is 6.05. The molecule has 10 nitrogen and oxygen atoms in total. The minimum absolute atomic E-state index is 0.0511. The van der Waals surface area contributed by atoms with E-state index in [1.165, 1.54) is 12.3 Å². The predicted octanol–water partition coefficient (Wildman–Crippen LogP) is 6.35. The highest BCUT2D eigenvalue weighted by molar-refractivity contribution is 6.06. The lowest BCUT2D eigenvalue weighted by atomic mass is 10.1. The van der Waals surface area contributed by atoms with E-state index in [0.717, 1.165) is 36.4 Å². The first-order valence-electron chi connectivity index (χ1n) is 14.8. The Hall–Kier alpha value is -5.29. The van der Waals surface area contributed by atoms with E-state index in [9.17, 15) is 4.79 Å². The van der Waals surface area contributed by atoms with Crippen LogP contribution in [0.15, 0.2) is 85.6 Å². The molecular weight excluding hydrogens is 571 g/mol. The first-order valence-corrected chi connectivity index (χ1v) is 14.8. The zero-order valence-corrected chi connectivity index (χ0v) is 25.7. The van der Waals surface area contributed by atoms with Gasteiger partial charge in [-0.15, -0.1) is 0 Å². The van der Waals surface area contributed by atoms with Crippen LogP contribution < -0.4 is 20.3 Å². The van der Waals surface area contributed by atoms with Crippen LogP contribution in [0.5, 0.6) is 11.6 Å². The molecule has 0 bridgehead atoms. The molecule has 230 valence electrons. The summed E-state index contributed by atoms with van der Waals surface area (Å²) < 4.78 is 23.3. The van der Waals surface area contributed by atoms with Crippen LogP contribution in [-0.2, 0) is 0 Å². The average Bonchev–Trinajstić information content (AvgIpc) is 3.56. The number of anilines is 4. The second-order valence-electron chi connectivity index (χ2n) is 11.3. The number of aromatic nitrogens is 4. The topological polar surface area (TPSA) is 100 Å². The second-order valence-corrected chi connectivity index (χ2v) is 11.3. The number of piperazine rings is 1. The van der Waals surface area contributed by atoms with Gasteiger partial charge >= 0.3 is 0 Å². The number of imidazole rings is 1. The number of nitrogens with zero attached hydrogens (tertiary/aromatic N) is 6. The normalized spacial score (nSPS) is 15.1. The molecule has 0 spiro atoms. The Morgan fingerprint density at radius 1 is 1.04 bits per heavy atom. The van der Waals surface area contributed by atoms with Crippen molar-refractivity contribution in [2.24, 2.45) is 0 Å². The van der Waals surface area contributed by atoms with Crippen molar-refractivity contribution in [1.29, 1.82) is 0 Å². The van der Waals surface area contributed by atoms with Crippen molar-refractivity contribution in [2.75, 3.05) is 42.2 Å². The molecule has 1 fully saturated rings. The molecule has 11 heteroatoms. The quantitative estimate of drug-likeness (QED) is 0.211. The number of carbonyl (C=O) groups is 1. The Morgan fingerprint density at radius 2 is 1.82 bits per heavy atom. The minimum Gasteiger partial charge on any atom is -0.438 e. The van der Waals surface area contributed by atoms with E-state index in [1.54, 1.807) is 36.8 Å². The number of para-hydroxylation sites is 1. The third kappa shape index (κ3) is 6.63. The van der Waals surface area contributed by atoms with Crippen molar-refractivity contribution < 1.29 is 13.9 Å². The van der Waals surface area contributed by atoms with Crippen LogP contribution in [-0.4, -0.2) is 63.0 Å². The first kappa shape index (κ1) is 29.8. The second kappa shape index (κ2) is 12.7. The van der Waals surface area contributed by atoms with Crippen LogP contribution in [0.4, 0.5) is 27.4 Å². The van der Waals surface area contributed by atoms with E-state index in [-0.39, 0.29) is 23.2 Å². The molecule has 1 amide bonds. The van der Waals surface area contributed by atoms with E-state index >= 15 is 4.39 Å². The Bertz CT molecular complexity index is 1790. The number of halogens is 1. The number of aryl methyl sites for hydroxylation is 2. The minimum atomic E-state index is -0.416. The third-order valence-electron chi connectivity index (χ3n) is 8.08. The molecule has 1 atom stereocenters.